The molecule has 2 rings (SSSR count). The van der Waals surface area contributed by atoms with Crippen LogP contribution in [0.4, 0.5) is 0 Å². The third kappa shape index (κ3) is 2.83. The monoisotopic (exact) mass is 266 g/mol. The first-order chi connectivity index (χ1) is 8.60. The maximum absolute atomic E-state index is 6.10. The zero-order valence-corrected chi connectivity index (χ0v) is 11.3. The Kier molecular flexibility index (Phi) is 3.89. The Hall–Kier alpha value is -1.52. The molecule has 5 heteroatoms. The van der Waals surface area contributed by atoms with Gasteiger partial charge in [-0.15, -0.1) is 0 Å². The van der Waals surface area contributed by atoms with E-state index < -0.39 is 0 Å². The molecular formula is C13H15ClN2O2. The molecule has 1 heterocycles. The van der Waals surface area contributed by atoms with Gasteiger partial charge in [-0.3, -0.25) is 0 Å². The average molecular weight is 267 g/mol. The summed E-state index contributed by atoms with van der Waals surface area (Å²) in [6.07, 6.45) is 1.81. The van der Waals surface area contributed by atoms with E-state index in [0.29, 0.717) is 12.3 Å². The van der Waals surface area contributed by atoms with Crippen LogP contribution in [-0.4, -0.2) is 12.0 Å². The number of benzene rings is 1. The van der Waals surface area contributed by atoms with Crippen molar-refractivity contribution < 1.29 is 9.15 Å². The molecule has 0 atom stereocenters. The molecule has 1 aromatic heterocycles. The van der Waals surface area contributed by atoms with E-state index in [2.05, 4.69) is 10.3 Å². The fraction of sp³-hybridized carbons (Fsp3) is 0.308. The fourth-order valence-electron chi connectivity index (χ4n) is 1.66. The van der Waals surface area contributed by atoms with Crippen molar-refractivity contribution in [3.63, 3.8) is 0 Å². The predicted octanol–water partition coefficient (Wildman–Crippen LogP) is 3.46. The first kappa shape index (κ1) is 12.9. The second-order valence-corrected chi connectivity index (χ2v) is 4.49. The number of nitrogens with zero attached hydrogens (tertiary/aromatic N) is 1. The van der Waals surface area contributed by atoms with Crippen LogP contribution in [0.25, 0.3) is 0 Å². The number of hydrogen-bond donors (Lipinski definition) is 1. The Morgan fingerprint density at radius 3 is 2.61 bits per heavy atom. The topological polar surface area (TPSA) is 47.3 Å². The summed E-state index contributed by atoms with van der Waals surface area (Å²) in [7, 11) is 1.85. The van der Waals surface area contributed by atoms with Gasteiger partial charge in [-0.2, -0.15) is 4.98 Å². The second kappa shape index (κ2) is 5.42. The van der Waals surface area contributed by atoms with Crippen molar-refractivity contribution >= 4 is 11.6 Å². The van der Waals surface area contributed by atoms with Crippen molar-refractivity contribution in [3.8, 4) is 11.8 Å². The van der Waals surface area contributed by atoms with Gasteiger partial charge in [0, 0.05) is 11.6 Å². The van der Waals surface area contributed by atoms with Crippen LogP contribution in [0.2, 0.25) is 5.02 Å². The number of aryl methyl sites for hydroxylation is 2. The van der Waals surface area contributed by atoms with Gasteiger partial charge in [0.25, 0.3) is 0 Å². The molecule has 0 saturated heterocycles. The highest BCUT2D eigenvalue weighted by Gasteiger charge is 2.08. The zero-order valence-electron chi connectivity index (χ0n) is 10.6. The van der Waals surface area contributed by atoms with Gasteiger partial charge < -0.3 is 14.5 Å². The number of nitrogens with one attached hydrogen (secondary N) is 1. The minimum absolute atomic E-state index is 0.237. The first-order valence-corrected chi connectivity index (χ1v) is 6.01. The third-order valence-electron chi connectivity index (χ3n) is 2.50. The van der Waals surface area contributed by atoms with Crippen molar-refractivity contribution in [1.29, 1.82) is 0 Å². The summed E-state index contributed by atoms with van der Waals surface area (Å²) in [6, 6.07) is 3.72. The fourth-order valence-corrected chi connectivity index (χ4v) is 1.77. The number of halogens is 1. The standard InChI is InChI=1S/C13H15ClN2O2/c1-8-4-11(5-9(2)12(8)14)18-13-16-10(6-15-3)7-17-13/h4-5,7,15H,6H2,1-3H3. The quantitative estimate of drug-likeness (QED) is 0.921. The van der Waals surface area contributed by atoms with Gasteiger partial charge in [-0.25, -0.2) is 0 Å². The van der Waals surface area contributed by atoms with Gasteiger partial charge >= 0.3 is 6.08 Å². The number of aromatic nitrogens is 1. The molecule has 0 unspecified atom stereocenters. The molecule has 2 aromatic rings. The van der Waals surface area contributed by atoms with Crippen LogP contribution in [0.1, 0.15) is 16.8 Å². The van der Waals surface area contributed by atoms with E-state index in [4.69, 9.17) is 20.8 Å². The van der Waals surface area contributed by atoms with E-state index in [-0.39, 0.29) is 6.08 Å². The Labute approximate surface area is 111 Å². The Bertz CT molecular complexity index is 529. The molecule has 0 saturated carbocycles. The molecule has 0 bridgehead atoms. The smallest absolute Gasteiger partial charge is 0.399 e. The molecule has 1 N–H and O–H groups in total. The minimum atomic E-state index is 0.237. The highest BCUT2D eigenvalue weighted by molar-refractivity contribution is 6.32. The summed E-state index contributed by atoms with van der Waals surface area (Å²) in [5, 5.41) is 3.75. The van der Waals surface area contributed by atoms with Gasteiger partial charge in [-0.1, -0.05) is 11.6 Å². The number of ether oxygens (including phenoxy) is 1. The van der Waals surface area contributed by atoms with E-state index in [1.54, 1.807) is 6.26 Å². The minimum Gasteiger partial charge on any atom is -0.417 e. The van der Waals surface area contributed by atoms with Crippen molar-refractivity contribution in [1.82, 2.24) is 10.3 Å². The lowest BCUT2D eigenvalue weighted by molar-refractivity contribution is 0.330. The summed E-state index contributed by atoms with van der Waals surface area (Å²) in [5.74, 6) is 0.673. The third-order valence-corrected chi connectivity index (χ3v) is 3.10. The predicted molar refractivity (Wildman–Crippen MR) is 70.3 cm³/mol. The lowest BCUT2D eigenvalue weighted by Crippen LogP contribution is -2.04. The van der Waals surface area contributed by atoms with Crippen LogP contribution in [0.5, 0.6) is 11.8 Å². The van der Waals surface area contributed by atoms with E-state index in [0.717, 1.165) is 21.8 Å². The molecule has 0 aliphatic heterocycles. The molecule has 18 heavy (non-hydrogen) atoms. The van der Waals surface area contributed by atoms with Crippen LogP contribution in [-0.2, 0) is 6.54 Å². The molecule has 0 amide bonds. The summed E-state index contributed by atoms with van der Waals surface area (Å²) in [4.78, 5) is 4.19. The van der Waals surface area contributed by atoms with E-state index in [1.807, 2.05) is 33.0 Å². The van der Waals surface area contributed by atoms with Crippen LogP contribution >= 0.6 is 11.6 Å². The van der Waals surface area contributed by atoms with Gasteiger partial charge in [0.15, 0.2) is 0 Å². The molecule has 96 valence electrons. The Morgan fingerprint density at radius 2 is 2.00 bits per heavy atom. The lowest BCUT2D eigenvalue weighted by atomic mass is 10.1. The van der Waals surface area contributed by atoms with Crippen LogP contribution in [0.15, 0.2) is 22.8 Å². The lowest BCUT2D eigenvalue weighted by Gasteiger charge is -2.06. The van der Waals surface area contributed by atoms with Gasteiger partial charge in [0.1, 0.15) is 12.0 Å². The van der Waals surface area contributed by atoms with E-state index >= 15 is 0 Å². The van der Waals surface area contributed by atoms with Crippen molar-refractivity contribution in [2.24, 2.45) is 0 Å². The van der Waals surface area contributed by atoms with Crippen LogP contribution in [0.3, 0.4) is 0 Å². The molecule has 0 radical (unpaired) electrons. The van der Waals surface area contributed by atoms with Gasteiger partial charge in [0.05, 0.1) is 5.69 Å². The normalized spacial score (nSPS) is 10.7. The molecule has 0 fully saturated rings. The first-order valence-electron chi connectivity index (χ1n) is 5.63. The van der Waals surface area contributed by atoms with Crippen LogP contribution in [0, 0.1) is 13.8 Å². The Balaban J connectivity index is 2.17. The summed E-state index contributed by atoms with van der Waals surface area (Å²) in [5.41, 5.74) is 2.73. The Morgan fingerprint density at radius 1 is 1.33 bits per heavy atom. The summed E-state index contributed by atoms with van der Waals surface area (Å²) < 4.78 is 10.8. The highest BCUT2D eigenvalue weighted by Crippen LogP contribution is 2.28. The number of hydrogen-bond acceptors (Lipinski definition) is 4. The number of oxazole rings is 1. The SMILES string of the molecule is CNCc1coc(Oc2cc(C)c(Cl)c(C)c2)n1. The zero-order chi connectivity index (χ0) is 13.1. The van der Waals surface area contributed by atoms with Gasteiger partial charge in [0.2, 0.25) is 0 Å². The average Bonchev–Trinajstić information content (AvgIpc) is 2.74. The number of rotatable bonds is 4. The summed E-state index contributed by atoms with van der Waals surface area (Å²) in [6.45, 7) is 4.51. The highest BCUT2D eigenvalue weighted by atomic mass is 35.5. The molecule has 0 spiro atoms. The molecule has 4 nitrogen and oxygen atoms in total. The van der Waals surface area contributed by atoms with Crippen molar-refractivity contribution in [3.05, 3.63) is 40.2 Å². The molecule has 0 aliphatic rings. The largest absolute Gasteiger partial charge is 0.417 e. The van der Waals surface area contributed by atoms with E-state index in [9.17, 15) is 0 Å². The van der Waals surface area contributed by atoms with Crippen molar-refractivity contribution in [2.75, 3.05) is 7.05 Å². The van der Waals surface area contributed by atoms with E-state index in [1.165, 1.54) is 0 Å². The molecular weight excluding hydrogens is 252 g/mol. The molecule has 0 aliphatic carbocycles. The van der Waals surface area contributed by atoms with Gasteiger partial charge in [-0.05, 0) is 44.2 Å². The van der Waals surface area contributed by atoms with Crippen LogP contribution < -0.4 is 10.1 Å². The maximum Gasteiger partial charge on any atom is 0.399 e. The van der Waals surface area contributed by atoms with Crippen molar-refractivity contribution in [2.45, 2.75) is 20.4 Å². The molecule has 1 aromatic carbocycles. The second-order valence-electron chi connectivity index (χ2n) is 4.11. The summed E-state index contributed by atoms with van der Waals surface area (Å²) >= 11 is 6.10. The maximum atomic E-state index is 6.10.